The number of benzene rings is 1. The van der Waals surface area contributed by atoms with Crippen LogP contribution in [0.1, 0.15) is 17.4 Å². The summed E-state index contributed by atoms with van der Waals surface area (Å²) in [6.07, 6.45) is 2.89. The zero-order chi connectivity index (χ0) is 16.9. The first-order valence-corrected chi connectivity index (χ1v) is 7.80. The highest BCUT2D eigenvalue weighted by Crippen LogP contribution is 2.25. The van der Waals surface area contributed by atoms with Gasteiger partial charge in [0.2, 0.25) is 5.91 Å². The van der Waals surface area contributed by atoms with Gasteiger partial charge >= 0.3 is 0 Å². The summed E-state index contributed by atoms with van der Waals surface area (Å²) in [5.41, 5.74) is 1.07. The Labute approximate surface area is 139 Å². The Morgan fingerprint density at radius 3 is 2.96 bits per heavy atom. The number of nitrogens with zero attached hydrogens (tertiary/aromatic N) is 3. The van der Waals surface area contributed by atoms with Crippen LogP contribution in [0.2, 0.25) is 0 Å². The number of hydrogen-bond acceptors (Lipinski definition) is 5. The van der Waals surface area contributed by atoms with E-state index in [2.05, 4.69) is 15.3 Å². The molecule has 0 unspecified atom stereocenters. The Morgan fingerprint density at radius 2 is 2.17 bits per heavy atom. The predicted molar refractivity (Wildman–Crippen MR) is 87.0 cm³/mol. The van der Waals surface area contributed by atoms with Crippen LogP contribution in [0.5, 0.6) is 0 Å². The van der Waals surface area contributed by atoms with E-state index in [9.17, 15) is 9.18 Å². The molecule has 2 heterocycles. The summed E-state index contributed by atoms with van der Waals surface area (Å²) in [5.74, 6) is 0.149. The number of halogens is 1. The van der Waals surface area contributed by atoms with Crippen molar-refractivity contribution in [3.63, 3.8) is 0 Å². The van der Waals surface area contributed by atoms with Gasteiger partial charge in [0, 0.05) is 26.0 Å². The van der Waals surface area contributed by atoms with Crippen molar-refractivity contribution in [3.8, 4) is 0 Å². The number of aromatic nitrogens is 2. The van der Waals surface area contributed by atoms with Crippen molar-refractivity contribution >= 4 is 11.7 Å². The third kappa shape index (κ3) is 3.51. The molecule has 7 heteroatoms. The minimum atomic E-state index is -0.359. The largest absolute Gasteiger partial charge is 0.372 e. The van der Waals surface area contributed by atoms with Gasteiger partial charge in [0.05, 0.1) is 19.6 Å². The molecule has 0 saturated carbocycles. The van der Waals surface area contributed by atoms with Crippen LogP contribution in [-0.4, -0.2) is 47.5 Å². The maximum absolute atomic E-state index is 13.7. The number of hydrogen-bond donors (Lipinski definition) is 1. The smallest absolute Gasteiger partial charge is 0.227 e. The molecule has 126 valence electrons. The fourth-order valence-corrected chi connectivity index (χ4v) is 2.73. The lowest BCUT2D eigenvalue weighted by Crippen LogP contribution is -2.43. The molecule has 0 radical (unpaired) electrons. The molecule has 0 aliphatic carbocycles. The molecular formula is C17H19FN4O2. The summed E-state index contributed by atoms with van der Waals surface area (Å²) in [5, 5.41) is 2.98. The van der Waals surface area contributed by atoms with E-state index < -0.39 is 0 Å². The number of ether oxygens (including phenoxy) is 1. The lowest BCUT2D eigenvalue weighted by atomic mass is 10.1. The van der Waals surface area contributed by atoms with Crippen molar-refractivity contribution in [3.05, 3.63) is 53.7 Å². The molecule has 1 aliphatic rings. The van der Waals surface area contributed by atoms with Crippen LogP contribution in [0.15, 0.2) is 36.7 Å². The Kier molecular flexibility index (Phi) is 5.00. The fourth-order valence-electron chi connectivity index (χ4n) is 2.73. The monoisotopic (exact) mass is 330 g/mol. The van der Waals surface area contributed by atoms with E-state index in [-0.39, 0.29) is 24.2 Å². The van der Waals surface area contributed by atoms with Gasteiger partial charge in [-0.2, -0.15) is 0 Å². The molecule has 2 aromatic rings. The summed E-state index contributed by atoms with van der Waals surface area (Å²) < 4.78 is 19.5. The molecule has 1 aliphatic heterocycles. The first kappa shape index (κ1) is 16.3. The number of rotatable bonds is 4. The zero-order valence-electron chi connectivity index (χ0n) is 13.4. The number of carbonyl (C=O) groups excluding carboxylic acids is 1. The Morgan fingerprint density at radius 1 is 1.38 bits per heavy atom. The van der Waals surface area contributed by atoms with Crippen LogP contribution >= 0.6 is 0 Å². The average Bonchev–Trinajstić information content (AvgIpc) is 2.63. The number of anilines is 1. The summed E-state index contributed by atoms with van der Waals surface area (Å²) >= 11 is 0. The van der Waals surface area contributed by atoms with Crippen molar-refractivity contribution in [2.24, 2.45) is 0 Å². The molecule has 6 nitrogen and oxygen atoms in total. The minimum absolute atomic E-state index is 0.0404. The van der Waals surface area contributed by atoms with Gasteiger partial charge in [-0.3, -0.25) is 9.78 Å². The molecule has 1 N–H and O–H groups in total. The van der Waals surface area contributed by atoms with E-state index in [0.29, 0.717) is 36.8 Å². The van der Waals surface area contributed by atoms with E-state index in [1.165, 1.54) is 6.07 Å². The molecule has 0 spiro atoms. The average molecular weight is 330 g/mol. The molecule has 1 aromatic heterocycles. The zero-order valence-corrected chi connectivity index (χ0v) is 13.4. The normalized spacial score (nSPS) is 17.6. The SMILES string of the molecule is CNc1nccnc1[C@@H]1CN(C(=O)Cc2ccccc2F)CCO1. The summed E-state index contributed by atoms with van der Waals surface area (Å²) in [7, 11) is 1.76. The minimum Gasteiger partial charge on any atom is -0.372 e. The van der Waals surface area contributed by atoms with Gasteiger partial charge in [0.15, 0.2) is 0 Å². The molecule has 1 aromatic carbocycles. The van der Waals surface area contributed by atoms with Crippen molar-refractivity contribution in [2.45, 2.75) is 12.5 Å². The summed E-state index contributed by atoms with van der Waals surface area (Å²) in [6, 6.07) is 6.34. The third-order valence-corrected chi connectivity index (χ3v) is 3.99. The van der Waals surface area contributed by atoms with Gasteiger partial charge in [-0.1, -0.05) is 18.2 Å². The van der Waals surface area contributed by atoms with Crippen LogP contribution in [0.3, 0.4) is 0 Å². The first-order valence-electron chi connectivity index (χ1n) is 7.80. The van der Waals surface area contributed by atoms with E-state index in [1.54, 1.807) is 42.5 Å². The van der Waals surface area contributed by atoms with Crippen molar-refractivity contribution in [1.29, 1.82) is 0 Å². The van der Waals surface area contributed by atoms with E-state index >= 15 is 0 Å². The molecule has 1 fully saturated rings. The van der Waals surface area contributed by atoms with E-state index in [1.807, 2.05) is 0 Å². The van der Waals surface area contributed by atoms with Gasteiger partial charge < -0.3 is 15.0 Å². The van der Waals surface area contributed by atoms with Crippen LogP contribution in [0.25, 0.3) is 0 Å². The van der Waals surface area contributed by atoms with E-state index in [4.69, 9.17) is 4.74 Å². The molecular weight excluding hydrogens is 311 g/mol. The van der Waals surface area contributed by atoms with Crippen LogP contribution in [0, 0.1) is 5.82 Å². The van der Waals surface area contributed by atoms with Gasteiger partial charge in [0.1, 0.15) is 23.4 Å². The Balaban J connectivity index is 1.71. The lowest BCUT2D eigenvalue weighted by Gasteiger charge is -2.33. The topological polar surface area (TPSA) is 67.4 Å². The first-order chi connectivity index (χ1) is 11.7. The Bertz CT molecular complexity index is 725. The third-order valence-electron chi connectivity index (χ3n) is 3.99. The highest BCUT2D eigenvalue weighted by atomic mass is 19.1. The van der Waals surface area contributed by atoms with Gasteiger partial charge in [-0.15, -0.1) is 0 Å². The van der Waals surface area contributed by atoms with E-state index in [0.717, 1.165) is 0 Å². The maximum atomic E-state index is 13.7. The summed E-state index contributed by atoms with van der Waals surface area (Å²) in [4.78, 5) is 22.7. The number of morpholine rings is 1. The van der Waals surface area contributed by atoms with Gasteiger partial charge in [-0.05, 0) is 11.6 Å². The van der Waals surface area contributed by atoms with Gasteiger partial charge in [0.25, 0.3) is 0 Å². The number of amides is 1. The highest BCUT2D eigenvalue weighted by molar-refractivity contribution is 5.79. The second kappa shape index (κ2) is 7.35. The molecule has 0 bridgehead atoms. The second-order valence-electron chi connectivity index (χ2n) is 5.51. The fraction of sp³-hybridized carbons (Fsp3) is 0.353. The molecule has 1 atom stereocenters. The second-order valence-corrected chi connectivity index (χ2v) is 5.51. The van der Waals surface area contributed by atoms with Crippen molar-refractivity contribution in [1.82, 2.24) is 14.9 Å². The maximum Gasteiger partial charge on any atom is 0.227 e. The summed E-state index contributed by atoms with van der Waals surface area (Å²) in [6.45, 7) is 1.27. The molecule has 3 rings (SSSR count). The lowest BCUT2D eigenvalue weighted by molar-refractivity contribution is -0.138. The number of nitrogens with one attached hydrogen (secondary N) is 1. The van der Waals surface area contributed by atoms with Crippen LogP contribution < -0.4 is 5.32 Å². The predicted octanol–water partition coefficient (Wildman–Crippen LogP) is 1.80. The van der Waals surface area contributed by atoms with Crippen LogP contribution in [-0.2, 0) is 16.0 Å². The molecule has 1 amide bonds. The Hall–Kier alpha value is -2.54. The molecule has 1 saturated heterocycles. The van der Waals surface area contributed by atoms with Crippen LogP contribution in [0.4, 0.5) is 10.2 Å². The van der Waals surface area contributed by atoms with Crippen molar-refractivity contribution < 1.29 is 13.9 Å². The highest BCUT2D eigenvalue weighted by Gasteiger charge is 2.28. The van der Waals surface area contributed by atoms with Gasteiger partial charge in [-0.25, -0.2) is 9.37 Å². The van der Waals surface area contributed by atoms with Crippen molar-refractivity contribution in [2.75, 3.05) is 32.1 Å². The quantitative estimate of drug-likeness (QED) is 0.926. The number of carbonyl (C=O) groups is 1. The standard InChI is InChI=1S/C17H19FN4O2/c1-19-17-16(20-6-7-21-17)14-11-22(8-9-24-14)15(23)10-12-4-2-3-5-13(12)18/h2-7,14H,8-11H2,1H3,(H,19,21)/t14-/m0/s1. The molecule has 24 heavy (non-hydrogen) atoms.